The lowest BCUT2D eigenvalue weighted by molar-refractivity contribution is -0.0816. The number of anilines is 2. The summed E-state index contributed by atoms with van der Waals surface area (Å²) < 4.78 is 13.2. The molecule has 0 bridgehead atoms. The second-order valence-corrected chi connectivity index (χ2v) is 9.73. The number of rotatable bonds is 6. The molecule has 0 amide bonds. The van der Waals surface area contributed by atoms with Crippen LogP contribution in [-0.4, -0.2) is 97.4 Å². The number of hydrogen-bond donors (Lipinski definition) is 7. The highest BCUT2D eigenvalue weighted by molar-refractivity contribution is 5.44. The Balaban J connectivity index is 1.79. The standard InChI is InChI=1S/C24H31N9O8/c1-5-7-23(26)16(36)14(11(3)34)40-18(23)33-22(39)29-13(9-28-33)31-24(8-6-2)17(37)15(12(4)35)41-19(24)32-10-27-20(25)30-21(32)38/h9-12,14-19,34-37H,26H2,1-4H3,(H2,25,30,38)(H,29,31,39)/t11-,12-,14+,15+,16-,17-,18+,19+,23?,24?/m0/s1. The van der Waals surface area contributed by atoms with Gasteiger partial charge in [0.2, 0.25) is 5.95 Å². The molecule has 2 aromatic rings. The normalized spacial score (nSPS) is 34.2. The van der Waals surface area contributed by atoms with E-state index >= 15 is 0 Å². The molecule has 10 atom stereocenters. The monoisotopic (exact) mass is 573 g/mol. The number of hydrogen-bond acceptors (Lipinski definition) is 15. The molecule has 2 unspecified atom stereocenters. The SMILES string of the molecule is CC#CC1(N)[C@@H](O)[C@@H]([C@H](C)O)O[C@H]1n1ncc(NC2(C#CC)[C@@H](O)[C@@H]([C@H](C)O)O[C@H]2n2cnc(N)nc2=O)nc1=O. The van der Waals surface area contributed by atoms with Gasteiger partial charge in [0, 0.05) is 0 Å². The molecule has 4 heterocycles. The second kappa shape index (κ2) is 11.1. The van der Waals surface area contributed by atoms with Crippen molar-refractivity contribution < 1.29 is 29.9 Å². The third-order valence-electron chi connectivity index (χ3n) is 6.84. The summed E-state index contributed by atoms with van der Waals surface area (Å²) in [5.41, 5.74) is 6.27. The van der Waals surface area contributed by atoms with Gasteiger partial charge < -0.3 is 46.7 Å². The predicted octanol–water partition coefficient (Wildman–Crippen LogP) is -3.95. The molecule has 9 N–H and O–H groups in total. The Hall–Kier alpha value is -3.94. The van der Waals surface area contributed by atoms with E-state index in [1.165, 1.54) is 27.7 Å². The molecule has 2 fully saturated rings. The van der Waals surface area contributed by atoms with Gasteiger partial charge >= 0.3 is 11.4 Å². The number of aliphatic hydroxyl groups is 4. The van der Waals surface area contributed by atoms with Crippen molar-refractivity contribution in [1.82, 2.24) is 29.3 Å². The van der Waals surface area contributed by atoms with Gasteiger partial charge in [-0.25, -0.2) is 14.6 Å². The number of aromatic nitrogens is 6. The Morgan fingerprint density at radius 3 is 2.17 bits per heavy atom. The van der Waals surface area contributed by atoms with Crippen LogP contribution in [0, 0.1) is 23.7 Å². The first kappa shape index (κ1) is 30.0. The molecule has 4 rings (SSSR count). The Bertz CT molecular complexity index is 1540. The zero-order chi connectivity index (χ0) is 30.3. The first-order valence-corrected chi connectivity index (χ1v) is 12.4. The summed E-state index contributed by atoms with van der Waals surface area (Å²) in [5.74, 6) is 10.1. The highest BCUT2D eigenvalue weighted by atomic mass is 16.6. The summed E-state index contributed by atoms with van der Waals surface area (Å²) in [7, 11) is 0. The summed E-state index contributed by atoms with van der Waals surface area (Å²) in [4.78, 5) is 37.3. The van der Waals surface area contributed by atoms with E-state index in [9.17, 15) is 30.0 Å². The molecule has 0 spiro atoms. The van der Waals surface area contributed by atoms with Crippen molar-refractivity contribution in [3.8, 4) is 23.7 Å². The van der Waals surface area contributed by atoms with Gasteiger partial charge in [-0.15, -0.1) is 11.8 Å². The molecule has 17 nitrogen and oxygen atoms in total. The lowest BCUT2D eigenvalue weighted by Crippen LogP contribution is -2.56. The molecule has 220 valence electrons. The van der Waals surface area contributed by atoms with Gasteiger partial charge in [0.05, 0.1) is 18.4 Å². The summed E-state index contributed by atoms with van der Waals surface area (Å²) in [5, 5.41) is 49.3. The van der Waals surface area contributed by atoms with E-state index in [0.717, 1.165) is 21.8 Å². The van der Waals surface area contributed by atoms with Crippen LogP contribution in [0.15, 0.2) is 22.1 Å². The van der Waals surface area contributed by atoms with Crippen molar-refractivity contribution in [3.05, 3.63) is 33.5 Å². The number of ether oxygens (including phenoxy) is 2. The van der Waals surface area contributed by atoms with Crippen molar-refractivity contribution in [3.63, 3.8) is 0 Å². The lowest BCUT2D eigenvalue weighted by atomic mass is 9.88. The van der Waals surface area contributed by atoms with Crippen LogP contribution in [0.2, 0.25) is 0 Å². The highest BCUT2D eigenvalue weighted by Crippen LogP contribution is 2.41. The molecule has 0 aliphatic carbocycles. The van der Waals surface area contributed by atoms with Gasteiger partial charge in [-0.3, -0.25) is 4.57 Å². The number of nitrogen functional groups attached to an aromatic ring is 1. The van der Waals surface area contributed by atoms with Crippen LogP contribution in [0.4, 0.5) is 11.8 Å². The Morgan fingerprint density at radius 1 is 1.00 bits per heavy atom. The molecule has 41 heavy (non-hydrogen) atoms. The van der Waals surface area contributed by atoms with Crippen molar-refractivity contribution in [1.29, 1.82) is 0 Å². The average Bonchev–Trinajstić information content (AvgIpc) is 3.31. The maximum absolute atomic E-state index is 13.2. The molecular formula is C24H31N9O8. The van der Waals surface area contributed by atoms with Crippen LogP contribution < -0.4 is 28.2 Å². The Morgan fingerprint density at radius 2 is 1.61 bits per heavy atom. The van der Waals surface area contributed by atoms with Gasteiger partial charge in [-0.2, -0.15) is 19.7 Å². The molecule has 0 saturated carbocycles. The smallest absolute Gasteiger partial charge is 0.368 e. The van der Waals surface area contributed by atoms with Crippen LogP contribution in [0.1, 0.15) is 40.2 Å². The minimum atomic E-state index is -1.88. The Kier molecular flexibility index (Phi) is 8.16. The van der Waals surface area contributed by atoms with E-state index in [4.69, 9.17) is 20.9 Å². The molecule has 0 aromatic carbocycles. The third kappa shape index (κ3) is 5.04. The molecule has 2 aromatic heterocycles. The van der Waals surface area contributed by atoms with E-state index in [0.29, 0.717) is 0 Å². The largest absolute Gasteiger partial charge is 0.391 e. The Labute approximate surface area is 233 Å². The quantitative estimate of drug-likeness (QED) is 0.163. The van der Waals surface area contributed by atoms with Crippen molar-refractivity contribution in [2.75, 3.05) is 11.1 Å². The van der Waals surface area contributed by atoms with Crippen molar-refractivity contribution >= 4 is 11.8 Å². The first-order valence-electron chi connectivity index (χ1n) is 12.4. The third-order valence-corrected chi connectivity index (χ3v) is 6.84. The number of nitrogens with zero attached hydrogens (tertiary/aromatic N) is 6. The zero-order valence-electron chi connectivity index (χ0n) is 22.5. The second-order valence-electron chi connectivity index (χ2n) is 9.73. The number of nitrogens with one attached hydrogen (secondary N) is 1. The zero-order valence-corrected chi connectivity index (χ0v) is 22.5. The first-order chi connectivity index (χ1) is 19.3. The van der Waals surface area contributed by atoms with Gasteiger partial charge in [-0.1, -0.05) is 11.8 Å². The predicted molar refractivity (Wildman–Crippen MR) is 140 cm³/mol. The molecule has 2 aliphatic rings. The van der Waals surface area contributed by atoms with Crippen LogP contribution in [0.3, 0.4) is 0 Å². The fourth-order valence-corrected chi connectivity index (χ4v) is 4.95. The fraction of sp³-hybridized carbons (Fsp3) is 0.583. The van der Waals surface area contributed by atoms with Gasteiger partial charge in [0.15, 0.2) is 29.4 Å². The minimum absolute atomic E-state index is 0.216. The summed E-state index contributed by atoms with van der Waals surface area (Å²) in [6.07, 6.45) is -8.58. The molecule has 2 aliphatic heterocycles. The maximum Gasteiger partial charge on any atom is 0.368 e. The minimum Gasteiger partial charge on any atom is -0.391 e. The van der Waals surface area contributed by atoms with E-state index in [1.54, 1.807) is 0 Å². The summed E-state index contributed by atoms with van der Waals surface area (Å²) in [6.45, 7) is 5.70. The fourth-order valence-electron chi connectivity index (χ4n) is 4.95. The maximum atomic E-state index is 13.2. The van der Waals surface area contributed by atoms with Crippen LogP contribution in [0.5, 0.6) is 0 Å². The lowest BCUT2D eigenvalue weighted by Gasteiger charge is -2.33. The molecule has 2 saturated heterocycles. The van der Waals surface area contributed by atoms with Crippen LogP contribution in [-0.2, 0) is 9.47 Å². The topological polar surface area (TPSA) is 259 Å². The van der Waals surface area contributed by atoms with Crippen molar-refractivity contribution in [2.45, 2.75) is 87.9 Å². The van der Waals surface area contributed by atoms with Gasteiger partial charge in [0.25, 0.3) is 0 Å². The summed E-state index contributed by atoms with van der Waals surface area (Å²) >= 11 is 0. The average molecular weight is 574 g/mol. The van der Waals surface area contributed by atoms with Crippen molar-refractivity contribution in [2.24, 2.45) is 5.73 Å². The number of nitrogens with two attached hydrogens (primary N) is 2. The highest BCUT2D eigenvalue weighted by Gasteiger charge is 2.59. The molecule has 17 heteroatoms. The van der Waals surface area contributed by atoms with E-state index in [-0.39, 0.29) is 11.8 Å². The van der Waals surface area contributed by atoms with E-state index in [2.05, 4.69) is 49.0 Å². The van der Waals surface area contributed by atoms with Gasteiger partial charge in [0.1, 0.15) is 30.7 Å². The molecule has 0 radical (unpaired) electrons. The van der Waals surface area contributed by atoms with E-state index < -0.39 is 71.5 Å². The molecular weight excluding hydrogens is 542 g/mol. The van der Waals surface area contributed by atoms with Crippen LogP contribution in [0.25, 0.3) is 0 Å². The van der Waals surface area contributed by atoms with Gasteiger partial charge in [-0.05, 0) is 27.7 Å². The number of aliphatic hydroxyl groups excluding tert-OH is 4. The van der Waals surface area contributed by atoms with E-state index in [1.807, 2.05) is 0 Å². The summed E-state index contributed by atoms with van der Waals surface area (Å²) in [6, 6.07) is 0. The van der Waals surface area contributed by atoms with Crippen LogP contribution >= 0.6 is 0 Å².